The number of rotatable bonds is 4. The Morgan fingerprint density at radius 1 is 1.11 bits per heavy atom. The molecule has 140 valence electrons. The molecule has 2 aromatic heterocycles. The summed E-state index contributed by atoms with van der Waals surface area (Å²) in [5.41, 5.74) is 7.30. The SMILES string of the molecule is COc1ccc(-c2cn3c(=O)n(-c4ccc([N+](=O)[O-])cc4)nc3c(N)n2)cc1. The first kappa shape index (κ1) is 17.2. The van der Waals surface area contributed by atoms with Gasteiger partial charge in [-0.05, 0) is 36.4 Å². The molecule has 0 radical (unpaired) electrons. The zero-order valence-corrected chi connectivity index (χ0v) is 14.6. The standard InChI is InChI=1S/C18H14N6O4/c1-28-14-8-2-11(3-9-14)15-10-22-17(16(19)20-15)21-23(18(22)25)12-4-6-13(7-5-12)24(26)27/h2-10H,1H3,(H2,19,20). The van der Waals surface area contributed by atoms with E-state index in [1.165, 1.54) is 28.7 Å². The molecule has 2 aromatic carbocycles. The van der Waals surface area contributed by atoms with Crippen LogP contribution >= 0.6 is 0 Å². The maximum atomic E-state index is 12.8. The van der Waals surface area contributed by atoms with Crippen molar-refractivity contribution in [2.45, 2.75) is 0 Å². The van der Waals surface area contributed by atoms with Gasteiger partial charge in [-0.15, -0.1) is 5.10 Å². The minimum Gasteiger partial charge on any atom is -0.497 e. The summed E-state index contributed by atoms with van der Waals surface area (Å²) in [5.74, 6) is 0.784. The van der Waals surface area contributed by atoms with Crippen molar-refractivity contribution in [3.8, 4) is 22.7 Å². The Kier molecular flexibility index (Phi) is 4.00. The quantitative estimate of drug-likeness (QED) is 0.425. The van der Waals surface area contributed by atoms with Gasteiger partial charge in [0.15, 0.2) is 5.82 Å². The molecule has 0 saturated heterocycles. The summed E-state index contributed by atoms with van der Waals surface area (Å²) in [4.78, 5) is 27.4. The Morgan fingerprint density at radius 3 is 2.39 bits per heavy atom. The third-order valence-corrected chi connectivity index (χ3v) is 4.22. The molecule has 0 aliphatic heterocycles. The highest BCUT2D eigenvalue weighted by molar-refractivity contribution is 5.67. The molecule has 2 N–H and O–H groups in total. The van der Waals surface area contributed by atoms with E-state index in [1.807, 2.05) is 0 Å². The van der Waals surface area contributed by atoms with Crippen LogP contribution in [0.25, 0.3) is 22.6 Å². The molecule has 0 saturated carbocycles. The summed E-state index contributed by atoms with van der Waals surface area (Å²) in [7, 11) is 1.57. The lowest BCUT2D eigenvalue weighted by molar-refractivity contribution is -0.384. The largest absolute Gasteiger partial charge is 0.497 e. The molecule has 0 fully saturated rings. The van der Waals surface area contributed by atoms with E-state index in [1.54, 1.807) is 37.6 Å². The van der Waals surface area contributed by atoms with Gasteiger partial charge in [0.2, 0.25) is 5.65 Å². The number of benzene rings is 2. The van der Waals surface area contributed by atoms with Crippen molar-refractivity contribution in [1.29, 1.82) is 0 Å². The average Bonchev–Trinajstić information content (AvgIpc) is 3.05. The number of non-ortho nitro benzene ring substituents is 1. The highest BCUT2D eigenvalue weighted by atomic mass is 16.6. The normalized spacial score (nSPS) is 10.9. The molecule has 0 aliphatic rings. The summed E-state index contributed by atoms with van der Waals surface area (Å²) >= 11 is 0. The molecule has 0 unspecified atom stereocenters. The number of nitrogens with zero attached hydrogens (tertiary/aromatic N) is 5. The Morgan fingerprint density at radius 2 is 1.79 bits per heavy atom. The van der Waals surface area contributed by atoms with E-state index in [0.717, 1.165) is 10.2 Å². The van der Waals surface area contributed by atoms with Crippen molar-refractivity contribution in [1.82, 2.24) is 19.2 Å². The number of aromatic nitrogens is 4. The second-order valence-corrected chi connectivity index (χ2v) is 5.90. The molecule has 0 amide bonds. The summed E-state index contributed by atoms with van der Waals surface area (Å²) in [6.07, 6.45) is 1.55. The van der Waals surface area contributed by atoms with Gasteiger partial charge < -0.3 is 10.5 Å². The molecule has 28 heavy (non-hydrogen) atoms. The number of ether oxygens (including phenoxy) is 1. The minimum absolute atomic E-state index is 0.0801. The lowest BCUT2D eigenvalue weighted by Crippen LogP contribution is -2.19. The van der Waals surface area contributed by atoms with E-state index in [4.69, 9.17) is 10.5 Å². The Hall–Kier alpha value is -4.21. The highest BCUT2D eigenvalue weighted by Gasteiger charge is 2.15. The number of nitrogen functional groups attached to an aromatic ring is 1. The van der Waals surface area contributed by atoms with Crippen LogP contribution in [0.2, 0.25) is 0 Å². The second kappa shape index (κ2) is 6.50. The van der Waals surface area contributed by atoms with Crippen LogP contribution in [0.4, 0.5) is 11.5 Å². The molecule has 0 atom stereocenters. The third-order valence-electron chi connectivity index (χ3n) is 4.22. The summed E-state index contributed by atoms with van der Waals surface area (Å²) in [6.45, 7) is 0. The molecular weight excluding hydrogens is 364 g/mol. The molecular formula is C18H14N6O4. The molecule has 4 rings (SSSR count). The third kappa shape index (κ3) is 2.82. The van der Waals surface area contributed by atoms with E-state index in [-0.39, 0.29) is 17.2 Å². The van der Waals surface area contributed by atoms with E-state index in [2.05, 4.69) is 10.1 Å². The van der Waals surface area contributed by atoms with Gasteiger partial charge in [0.25, 0.3) is 5.69 Å². The van der Waals surface area contributed by atoms with Crippen molar-refractivity contribution >= 4 is 17.2 Å². The van der Waals surface area contributed by atoms with E-state index in [0.29, 0.717) is 17.1 Å². The molecule has 2 heterocycles. The molecule has 0 spiro atoms. The second-order valence-electron chi connectivity index (χ2n) is 5.90. The maximum absolute atomic E-state index is 12.8. The number of fused-ring (bicyclic) bond motifs is 1. The number of hydrogen-bond donors (Lipinski definition) is 1. The van der Waals surface area contributed by atoms with Gasteiger partial charge in [-0.25, -0.2) is 14.2 Å². The van der Waals surface area contributed by atoms with Crippen molar-refractivity contribution in [2.24, 2.45) is 0 Å². The zero-order valence-electron chi connectivity index (χ0n) is 14.6. The fraction of sp³-hybridized carbons (Fsp3) is 0.0556. The Balaban J connectivity index is 1.83. The van der Waals surface area contributed by atoms with E-state index in [9.17, 15) is 14.9 Å². The first-order chi connectivity index (χ1) is 13.5. The van der Waals surface area contributed by atoms with Crippen LogP contribution < -0.4 is 16.2 Å². The molecule has 4 aromatic rings. The van der Waals surface area contributed by atoms with Crippen LogP contribution in [0.3, 0.4) is 0 Å². The predicted octanol–water partition coefficient (Wildman–Crippen LogP) is 2.05. The number of anilines is 1. The number of methoxy groups -OCH3 is 1. The maximum Gasteiger partial charge on any atom is 0.355 e. The average molecular weight is 378 g/mol. The number of hydrogen-bond acceptors (Lipinski definition) is 7. The Bertz CT molecular complexity index is 1240. The van der Waals surface area contributed by atoms with Gasteiger partial charge in [0, 0.05) is 23.9 Å². The fourth-order valence-corrected chi connectivity index (χ4v) is 2.78. The number of nitro groups is 1. The minimum atomic E-state index is -0.515. The summed E-state index contributed by atoms with van der Waals surface area (Å²) in [5, 5.41) is 15.0. The van der Waals surface area contributed by atoms with Crippen molar-refractivity contribution < 1.29 is 9.66 Å². The van der Waals surface area contributed by atoms with Gasteiger partial charge in [-0.3, -0.25) is 10.1 Å². The van der Waals surface area contributed by atoms with Crippen LogP contribution in [0, 0.1) is 10.1 Å². The first-order valence-electron chi connectivity index (χ1n) is 8.15. The molecule has 10 nitrogen and oxygen atoms in total. The molecule has 10 heteroatoms. The van der Waals surface area contributed by atoms with Crippen LogP contribution in [-0.4, -0.2) is 31.2 Å². The first-order valence-corrected chi connectivity index (χ1v) is 8.15. The highest BCUT2D eigenvalue weighted by Crippen LogP contribution is 2.22. The van der Waals surface area contributed by atoms with Crippen molar-refractivity contribution in [3.05, 3.63) is 75.3 Å². The number of nitro benzene ring substituents is 1. The summed E-state index contributed by atoms with van der Waals surface area (Å²) < 4.78 is 7.55. The van der Waals surface area contributed by atoms with Gasteiger partial charge in [-0.1, -0.05) is 0 Å². The zero-order chi connectivity index (χ0) is 19.8. The van der Waals surface area contributed by atoms with Crippen LogP contribution in [0.15, 0.2) is 59.5 Å². The Labute approximate surface area is 157 Å². The van der Waals surface area contributed by atoms with Crippen LogP contribution in [-0.2, 0) is 0 Å². The van der Waals surface area contributed by atoms with Crippen molar-refractivity contribution in [2.75, 3.05) is 12.8 Å². The topological polar surface area (TPSA) is 131 Å². The van der Waals surface area contributed by atoms with E-state index >= 15 is 0 Å². The van der Waals surface area contributed by atoms with Crippen LogP contribution in [0.1, 0.15) is 0 Å². The molecule has 0 aliphatic carbocycles. The van der Waals surface area contributed by atoms with Gasteiger partial charge in [0.05, 0.1) is 23.4 Å². The fourth-order valence-electron chi connectivity index (χ4n) is 2.78. The van der Waals surface area contributed by atoms with Crippen LogP contribution in [0.5, 0.6) is 5.75 Å². The van der Waals surface area contributed by atoms with Crippen molar-refractivity contribution in [3.63, 3.8) is 0 Å². The van der Waals surface area contributed by atoms with Gasteiger partial charge in [-0.2, -0.15) is 4.68 Å². The molecule has 0 bridgehead atoms. The monoisotopic (exact) mass is 378 g/mol. The van der Waals surface area contributed by atoms with Gasteiger partial charge >= 0.3 is 5.69 Å². The summed E-state index contributed by atoms with van der Waals surface area (Å²) in [6, 6.07) is 12.7. The predicted molar refractivity (Wildman–Crippen MR) is 102 cm³/mol. The lowest BCUT2D eigenvalue weighted by atomic mass is 10.1. The number of nitrogens with two attached hydrogens (primary N) is 1. The van der Waals surface area contributed by atoms with E-state index < -0.39 is 10.6 Å². The smallest absolute Gasteiger partial charge is 0.355 e. The lowest BCUT2D eigenvalue weighted by Gasteiger charge is -2.04. The van der Waals surface area contributed by atoms with Gasteiger partial charge in [0.1, 0.15) is 5.75 Å².